The standard InChI is InChI=1S/C19H20N2O5S/c1-13-5-7-16(8-6-13)20-27(25,26)17-4-2-3-14(11-17)18(22)21-10-9-15(12-21)19(23)24/h2-8,11,15,20H,9-10,12H2,1H3,(H,23,24). The molecule has 1 aliphatic heterocycles. The molecule has 1 unspecified atom stereocenters. The minimum atomic E-state index is -3.84. The second kappa shape index (κ2) is 7.40. The van der Waals surface area contributed by atoms with Gasteiger partial charge in [-0.3, -0.25) is 14.3 Å². The Kier molecular flexibility index (Phi) is 5.18. The average molecular weight is 388 g/mol. The fourth-order valence-electron chi connectivity index (χ4n) is 2.96. The van der Waals surface area contributed by atoms with Crippen molar-refractivity contribution in [3.63, 3.8) is 0 Å². The van der Waals surface area contributed by atoms with Crippen molar-refractivity contribution >= 4 is 27.6 Å². The number of aliphatic carboxylic acids is 1. The zero-order valence-electron chi connectivity index (χ0n) is 14.8. The molecule has 8 heteroatoms. The smallest absolute Gasteiger partial charge is 0.308 e. The van der Waals surface area contributed by atoms with Crippen LogP contribution in [0.3, 0.4) is 0 Å². The highest BCUT2D eigenvalue weighted by atomic mass is 32.2. The highest BCUT2D eigenvalue weighted by Gasteiger charge is 2.31. The summed E-state index contributed by atoms with van der Waals surface area (Å²) in [5.74, 6) is -1.88. The summed E-state index contributed by atoms with van der Waals surface area (Å²) >= 11 is 0. The van der Waals surface area contributed by atoms with Crippen LogP contribution >= 0.6 is 0 Å². The average Bonchev–Trinajstić information content (AvgIpc) is 3.13. The van der Waals surface area contributed by atoms with Crippen LogP contribution < -0.4 is 4.72 Å². The maximum Gasteiger partial charge on any atom is 0.308 e. The fraction of sp³-hybridized carbons (Fsp3) is 0.263. The minimum absolute atomic E-state index is 0.0251. The summed E-state index contributed by atoms with van der Waals surface area (Å²) in [4.78, 5) is 25.1. The van der Waals surface area contributed by atoms with Gasteiger partial charge in [0.1, 0.15) is 0 Å². The molecule has 1 atom stereocenters. The number of nitrogens with zero attached hydrogens (tertiary/aromatic N) is 1. The predicted molar refractivity (Wildman–Crippen MR) is 100 cm³/mol. The number of aryl methyl sites for hydroxylation is 1. The lowest BCUT2D eigenvalue weighted by Gasteiger charge is -2.16. The van der Waals surface area contributed by atoms with Crippen molar-refractivity contribution in [2.45, 2.75) is 18.2 Å². The monoisotopic (exact) mass is 388 g/mol. The molecule has 0 aliphatic carbocycles. The van der Waals surface area contributed by atoms with E-state index in [0.29, 0.717) is 18.7 Å². The second-order valence-electron chi connectivity index (χ2n) is 6.57. The van der Waals surface area contributed by atoms with Gasteiger partial charge in [-0.1, -0.05) is 23.8 Å². The molecule has 0 radical (unpaired) electrons. The lowest BCUT2D eigenvalue weighted by Crippen LogP contribution is -2.30. The van der Waals surface area contributed by atoms with Crippen molar-refractivity contribution in [2.75, 3.05) is 17.8 Å². The van der Waals surface area contributed by atoms with E-state index in [1.165, 1.54) is 29.2 Å². The molecule has 142 valence electrons. The first-order valence-electron chi connectivity index (χ1n) is 8.48. The Hall–Kier alpha value is -2.87. The van der Waals surface area contributed by atoms with Crippen LogP contribution in [0.2, 0.25) is 0 Å². The molecule has 0 spiro atoms. The van der Waals surface area contributed by atoms with Gasteiger partial charge in [0.15, 0.2) is 0 Å². The third-order valence-electron chi connectivity index (χ3n) is 4.52. The molecule has 27 heavy (non-hydrogen) atoms. The van der Waals surface area contributed by atoms with E-state index in [-0.39, 0.29) is 22.9 Å². The van der Waals surface area contributed by atoms with Crippen LogP contribution in [-0.4, -0.2) is 43.4 Å². The van der Waals surface area contributed by atoms with Gasteiger partial charge in [-0.05, 0) is 43.7 Å². The van der Waals surface area contributed by atoms with Gasteiger partial charge in [0.2, 0.25) is 0 Å². The molecule has 7 nitrogen and oxygen atoms in total. The van der Waals surface area contributed by atoms with Crippen molar-refractivity contribution in [3.05, 3.63) is 59.7 Å². The van der Waals surface area contributed by atoms with Crippen molar-refractivity contribution in [1.29, 1.82) is 0 Å². The number of amides is 1. The molecule has 0 bridgehead atoms. The van der Waals surface area contributed by atoms with E-state index in [1.807, 2.05) is 6.92 Å². The van der Waals surface area contributed by atoms with E-state index in [1.54, 1.807) is 24.3 Å². The van der Waals surface area contributed by atoms with Gasteiger partial charge in [0.25, 0.3) is 15.9 Å². The number of likely N-dealkylation sites (tertiary alicyclic amines) is 1. The summed E-state index contributed by atoms with van der Waals surface area (Å²) < 4.78 is 27.7. The van der Waals surface area contributed by atoms with Gasteiger partial charge in [-0.15, -0.1) is 0 Å². The summed E-state index contributed by atoms with van der Waals surface area (Å²) in [6.45, 7) is 2.38. The Bertz CT molecular complexity index is 970. The Morgan fingerprint density at radius 3 is 2.48 bits per heavy atom. The van der Waals surface area contributed by atoms with E-state index < -0.39 is 21.9 Å². The van der Waals surface area contributed by atoms with Gasteiger partial charge in [0.05, 0.1) is 10.8 Å². The van der Waals surface area contributed by atoms with Crippen LogP contribution in [0.4, 0.5) is 5.69 Å². The molecule has 0 saturated carbocycles. The number of rotatable bonds is 5. The maximum absolute atomic E-state index is 12.6. The largest absolute Gasteiger partial charge is 0.481 e. The van der Waals surface area contributed by atoms with E-state index in [4.69, 9.17) is 5.11 Å². The molecular formula is C19H20N2O5S. The summed E-state index contributed by atoms with van der Waals surface area (Å²) in [6, 6.07) is 12.7. The number of carbonyl (C=O) groups excluding carboxylic acids is 1. The topological polar surface area (TPSA) is 104 Å². The Labute approximate surface area is 157 Å². The summed E-state index contributed by atoms with van der Waals surface area (Å²) in [5, 5.41) is 9.07. The number of hydrogen-bond donors (Lipinski definition) is 2. The molecular weight excluding hydrogens is 368 g/mol. The number of benzene rings is 2. The number of hydrogen-bond acceptors (Lipinski definition) is 4. The first-order valence-corrected chi connectivity index (χ1v) is 9.96. The molecule has 2 N–H and O–H groups in total. The second-order valence-corrected chi connectivity index (χ2v) is 8.26. The molecule has 2 aromatic carbocycles. The van der Waals surface area contributed by atoms with E-state index in [0.717, 1.165) is 5.56 Å². The van der Waals surface area contributed by atoms with E-state index in [2.05, 4.69) is 4.72 Å². The number of carbonyl (C=O) groups is 2. The molecule has 1 fully saturated rings. The molecule has 1 saturated heterocycles. The van der Waals surface area contributed by atoms with E-state index in [9.17, 15) is 18.0 Å². The van der Waals surface area contributed by atoms with Crippen LogP contribution in [0.1, 0.15) is 22.3 Å². The van der Waals surface area contributed by atoms with Crippen LogP contribution in [0.5, 0.6) is 0 Å². The Morgan fingerprint density at radius 1 is 1.15 bits per heavy atom. The minimum Gasteiger partial charge on any atom is -0.481 e. The van der Waals surface area contributed by atoms with Crippen molar-refractivity contribution < 1.29 is 23.1 Å². The number of carboxylic acid groups (broad SMARTS) is 1. The van der Waals surface area contributed by atoms with Gasteiger partial charge in [-0.25, -0.2) is 8.42 Å². The summed E-state index contributed by atoms with van der Waals surface area (Å²) in [6.07, 6.45) is 0.397. The van der Waals surface area contributed by atoms with Crippen molar-refractivity contribution in [3.8, 4) is 0 Å². The van der Waals surface area contributed by atoms with Gasteiger partial charge >= 0.3 is 5.97 Å². The number of nitrogens with one attached hydrogen (secondary N) is 1. The summed E-state index contributed by atoms with van der Waals surface area (Å²) in [7, 11) is -3.84. The van der Waals surface area contributed by atoms with Crippen LogP contribution in [0, 0.1) is 12.8 Å². The highest BCUT2D eigenvalue weighted by molar-refractivity contribution is 7.92. The number of carboxylic acids is 1. The maximum atomic E-state index is 12.6. The first-order chi connectivity index (χ1) is 12.8. The lowest BCUT2D eigenvalue weighted by molar-refractivity contribution is -0.141. The SMILES string of the molecule is Cc1ccc(NS(=O)(=O)c2cccc(C(=O)N3CCC(C(=O)O)C3)c2)cc1. The number of anilines is 1. The molecule has 1 aliphatic rings. The summed E-state index contributed by atoms with van der Waals surface area (Å²) in [5.41, 5.74) is 1.66. The van der Waals surface area contributed by atoms with Crippen molar-refractivity contribution in [1.82, 2.24) is 4.90 Å². The van der Waals surface area contributed by atoms with Gasteiger partial charge < -0.3 is 10.0 Å². The van der Waals surface area contributed by atoms with Gasteiger partial charge in [0, 0.05) is 24.3 Å². The zero-order valence-corrected chi connectivity index (χ0v) is 15.6. The Balaban J connectivity index is 1.79. The van der Waals surface area contributed by atoms with Crippen LogP contribution in [-0.2, 0) is 14.8 Å². The fourth-order valence-corrected chi connectivity index (χ4v) is 4.06. The first kappa shape index (κ1) is 18.9. The molecule has 1 heterocycles. The van der Waals surface area contributed by atoms with Gasteiger partial charge in [-0.2, -0.15) is 0 Å². The predicted octanol–water partition coefficient (Wildman–Crippen LogP) is 2.34. The van der Waals surface area contributed by atoms with Crippen molar-refractivity contribution in [2.24, 2.45) is 5.92 Å². The molecule has 0 aromatic heterocycles. The third kappa shape index (κ3) is 4.28. The third-order valence-corrected chi connectivity index (χ3v) is 5.90. The molecule has 2 aromatic rings. The van der Waals surface area contributed by atoms with Crippen LogP contribution in [0.25, 0.3) is 0 Å². The lowest BCUT2D eigenvalue weighted by atomic mass is 10.1. The molecule has 1 amide bonds. The zero-order chi connectivity index (χ0) is 19.6. The highest BCUT2D eigenvalue weighted by Crippen LogP contribution is 2.22. The number of sulfonamides is 1. The Morgan fingerprint density at radius 2 is 1.85 bits per heavy atom. The van der Waals surface area contributed by atoms with E-state index >= 15 is 0 Å². The molecule has 3 rings (SSSR count). The normalized spacial score (nSPS) is 16.9. The van der Waals surface area contributed by atoms with Crippen LogP contribution in [0.15, 0.2) is 53.4 Å². The quantitative estimate of drug-likeness (QED) is 0.818.